The Kier molecular flexibility index (Phi) is 10.2. The number of benzene rings is 10. The van der Waals surface area contributed by atoms with Crippen molar-refractivity contribution in [3.05, 3.63) is 236 Å². The molecule has 0 atom stereocenters. The molecule has 11 aromatic rings. The van der Waals surface area contributed by atoms with Gasteiger partial charge in [0.15, 0.2) is 0 Å². The van der Waals surface area contributed by atoms with E-state index in [-0.39, 0.29) is 21.1 Å². The quantitative estimate of drug-likeness (QED) is 0.107. The molecule has 1 aromatic heterocycles. The van der Waals surface area contributed by atoms with Gasteiger partial charge in [-0.15, -0.1) is 53.8 Å². The van der Waals surface area contributed by atoms with Crippen LogP contribution in [-0.2, 0) is 27.7 Å². The molecule has 2 heterocycles. The maximum Gasteiger partial charge on any atom is 4.00 e. The second kappa shape index (κ2) is 16.6. The van der Waals surface area contributed by atoms with Crippen molar-refractivity contribution < 1.29 is 25.8 Å². The van der Waals surface area contributed by atoms with Gasteiger partial charge in [0.25, 0.3) is 0 Å². The molecule has 10 aromatic carbocycles. The van der Waals surface area contributed by atoms with Crippen molar-refractivity contribution >= 4 is 71.8 Å². The summed E-state index contributed by atoms with van der Waals surface area (Å²) in [4.78, 5) is 4.51. The standard InChI is InChI=1S/C58H38N4O.Pt/c1-3-15-40(16-4-1)50-24-14-25-51(41-17-5-2-6-18-41)58(50)62-39-61(55-27-11-12-28-56(55)62)45-20-13-21-46(36-45)63-47-32-34-53-52-23-9-10-26-54(52)60(57(53)37-47)38-59-44-31-33-49-43(35-44)30-29-42-19-7-8-22-48(42)49;/h1-35,39H,38H2;/q-4;+4. The molecule has 0 amide bonds. The molecular formula is C58H38N4OPt. The first-order valence-electron chi connectivity index (χ1n) is 21.2. The van der Waals surface area contributed by atoms with Crippen molar-refractivity contribution in [2.24, 2.45) is 0 Å². The first-order valence-corrected chi connectivity index (χ1v) is 21.2. The van der Waals surface area contributed by atoms with Gasteiger partial charge in [-0.25, -0.2) is 0 Å². The Hall–Kier alpha value is -7.59. The van der Waals surface area contributed by atoms with Crippen LogP contribution in [0.2, 0.25) is 0 Å². The van der Waals surface area contributed by atoms with E-state index < -0.39 is 0 Å². The summed E-state index contributed by atoms with van der Waals surface area (Å²) in [6.07, 6.45) is 0. The van der Waals surface area contributed by atoms with E-state index in [0.29, 0.717) is 18.2 Å². The third-order valence-corrected chi connectivity index (χ3v) is 12.1. The van der Waals surface area contributed by atoms with Gasteiger partial charge in [0.1, 0.15) is 0 Å². The van der Waals surface area contributed by atoms with E-state index in [2.05, 4.69) is 227 Å². The van der Waals surface area contributed by atoms with Crippen LogP contribution in [0.4, 0.5) is 28.4 Å². The van der Waals surface area contributed by atoms with Crippen molar-refractivity contribution in [1.82, 2.24) is 4.57 Å². The molecule has 6 heteroatoms. The number of nitrogens with zero attached hydrogens (tertiary/aromatic N) is 4. The van der Waals surface area contributed by atoms with Gasteiger partial charge in [-0.1, -0.05) is 176 Å². The minimum atomic E-state index is 0. The van der Waals surface area contributed by atoms with E-state index in [1.165, 1.54) is 21.5 Å². The maximum atomic E-state index is 6.63. The number of rotatable bonds is 9. The Labute approximate surface area is 386 Å². The molecule has 0 spiro atoms. The molecule has 0 aliphatic carbocycles. The SMILES string of the molecule is [Pt+4].[c-]1c(Oc2[c-]c3c(cc2)c2ccccc2n3C[N-]c2ccc3c(ccc4ccccc43)c2)cccc1N1[CH-]N(c2c(-c3ccccc3)cccc2-c2ccccc2)c2ccccc21. The summed E-state index contributed by atoms with van der Waals surface area (Å²) in [5.74, 6) is 1.20. The molecule has 306 valence electrons. The number of ether oxygens (including phenoxy) is 1. The molecule has 0 saturated carbocycles. The summed E-state index contributed by atoms with van der Waals surface area (Å²) in [5.41, 5.74) is 11.7. The van der Waals surface area contributed by atoms with Gasteiger partial charge in [-0.05, 0) is 56.3 Å². The third-order valence-electron chi connectivity index (χ3n) is 12.1. The van der Waals surface area contributed by atoms with E-state index in [1.54, 1.807) is 0 Å². The Morgan fingerprint density at radius 3 is 1.86 bits per heavy atom. The molecule has 5 nitrogen and oxygen atoms in total. The van der Waals surface area contributed by atoms with Crippen LogP contribution in [0.1, 0.15) is 0 Å². The third kappa shape index (κ3) is 6.95. The predicted molar refractivity (Wildman–Crippen MR) is 260 cm³/mol. The summed E-state index contributed by atoms with van der Waals surface area (Å²) in [6.45, 7) is 2.61. The zero-order valence-corrected chi connectivity index (χ0v) is 36.8. The van der Waals surface area contributed by atoms with Crippen molar-refractivity contribution in [3.8, 4) is 33.8 Å². The number of anilines is 4. The average Bonchev–Trinajstić information content (AvgIpc) is 3.89. The fourth-order valence-electron chi connectivity index (χ4n) is 9.15. The van der Waals surface area contributed by atoms with Gasteiger partial charge in [0.05, 0.1) is 0 Å². The molecule has 0 saturated heterocycles. The first kappa shape index (κ1) is 39.3. The molecule has 64 heavy (non-hydrogen) atoms. The minimum absolute atomic E-state index is 0. The molecule has 0 radical (unpaired) electrons. The number of hydrogen-bond donors (Lipinski definition) is 0. The summed E-state index contributed by atoms with van der Waals surface area (Å²) in [6, 6.07) is 81.6. The first-order chi connectivity index (χ1) is 31.2. The number of fused-ring (bicyclic) bond motifs is 7. The van der Waals surface area contributed by atoms with Gasteiger partial charge in [-0.3, -0.25) is 0 Å². The maximum absolute atomic E-state index is 6.63. The molecule has 12 rings (SSSR count). The van der Waals surface area contributed by atoms with Crippen LogP contribution < -0.4 is 14.5 Å². The fourth-order valence-corrected chi connectivity index (χ4v) is 9.15. The molecule has 1 aliphatic rings. The van der Waals surface area contributed by atoms with Crippen molar-refractivity contribution in [2.75, 3.05) is 9.80 Å². The van der Waals surface area contributed by atoms with Crippen LogP contribution in [-0.4, -0.2) is 4.57 Å². The number of para-hydroxylation sites is 4. The van der Waals surface area contributed by atoms with Crippen molar-refractivity contribution in [2.45, 2.75) is 6.67 Å². The van der Waals surface area contributed by atoms with Crippen LogP contribution in [0.15, 0.2) is 212 Å². The topological polar surface area (TPSA) is 34.7 Å². The normalized spacial score (nSPS) is 12.2. The molecule has 0 N–H and O–H groups in total. The molecule has 0 fully saturated rings. The monoisotopic (exact) mass is 1000 g/mol. The Morgan fingerprint density at radius 2 is 1.08 bits per heavy atom. The molecular weight excluding hydrogens is 964 g/mol. The Balaban J connectivity index is 0.00000456. The molecule has 0 bridgehead atoms. The number of hydrogen-bond acceptors (Lipinski definition) is 3. The Bertz CT molecular complexity index is 3440. The predicted octanol–water partition coefficient (Wildman–Crippen LogP) is 15.9. The summed E-state index contributed by atoms with van der Waals surface area (Å²) in [7, 11) is 0. The fraction of sp³-hybridized carbons (Fsp3) is 0.0172. The van der Waals surface area contributed by atoms with E-state index in [0.717, 1.165) is 72.5 Å². The van der Waals surface area contributed by atoms with Crippen LogP contribution in [0, 0.1) is 18.8 Å². The Morgan fingerprint density at radius 1 is 0.469 bits per heavy atom. The van der Waals surface area contributed by atoms with E-state index >= 15 is 0 Å². The van der Waals surface area contributed by atoms with Gasteiger partial charge in [-0.2, -0.15) is 12.1 Å². The van der Waals surface area contributed by atoms with Crippen LogP contribution in [0.25, 0.3) is 70.9 Å². The van der Waals surface area contributed by atoms with Crippen LogP contribution in [0.5, 0.6) is 11.5 Å². The largest absolute Gasteiger partial charge is 4.00 e. The zero-order valence-electron chi connectivity index (χ0n) is 34.5. The van der Waals surface area contributed by atoms with E-state index in [1.807, 2.05) is 18.2 Å². The molecule has 0 unspecified atom stereocenters. The van der Waals surface area contributed by atoms with Gasteiger partial charge >= 0.3 is 21.1 Å². The summed E-state index contributed by atoms with van der Waals surface area (Å²) < 4.78 is 8.85. The van der Waals surface area contributed by atoms with E-state index in [9.17, 15) is 0 Å². The summed E-state index contributed by atoms with van der Waals surface area (Å²) >= 11 is 0. The van der Waals surface area contributed by atoms with Crippen molar-refractivity contribution in [3.63, 3.8) is 0 Å². The molecule has 1 aliphatic heterocycles. The van der Waals surface area contributed by atoms with Gasteiger partial charge < -0.3 is 24.4 Å². The van der Waals surface area contributed by atoms with Gasteiger partial charge in [0.2, 0.25) is 0 Å². The minimum Gasteiger partial charge on any atom is -0.668 e. The summed E-state index contributed by atoms with van der Waals surface area (Å²) in [5, 5.41) is 12.3. The van der Waals surface area contributed by atoms with Crippen LogP contribution >= 0.6 is 0 Å². The average molecular weight is 1000 g/mol. The van der Waals surface area contributed by atoms with Crippen molar-refractivity contribution in [1.29, 1.82) is 0 Å². The number of aromatic nitrogens is 1. The zero-order chi connectivity index (χ0) is 41.7. The van der Waals surface area contributed by atoms with Gasteiger partial charge in [0, 0.05) is 45.2 Å². The second-order valence-corrected chi connectivity index (χ2v) is 15.8. The smallest absolute Gasteiger partial charge is 0.668 e. The second-order valence-electron chi connectivity index (χ2n) is 15.8. The van der Waals surface area contributed by atoms with Crippen LogP contribution in [0.3, 0.4) is 0 Å². The van der Waals surface area contributed by atoms with E-state index in [4.69, 9.17) is 10.1 Å².